The zero-order valence-corrected chi connectivity index (χ0v) is 8.38. The Labute approximate surface area is 91.7 Å². The summed E-state index contributed by atoms with van der Waals surface area (Å²) in [5, 5.41) is 8.38. The fourth-order valence-corrected chi connectivity index (χ4v) is 0.841. The molecular weight excluding hydrogens is 214 g/mol. The number of benzene rings is 1. The van der Waals surface area contributed by atoms with Gasteiger partial charge in [-0.3, -0.25) is 0 Å². The van der Waals surface area contributed by atoms with Crippen LogP contribution in [0.5, 0.6) is 5.75 Å². The van der Waals surface area contributed by atoms with Gasteiger partial charge < -0.3 is 14.7 Å². The lowest BCUT2D eigenvalue weighted by Gasteiger charge is -2.04. The van der Waals surface area contributed by atoms with Crippen molar-refractivity contribution in [3.05, 3.63) is 30.3 Å². The molecule has 0 aliphatic carbocycles. The number of nitrogens with one attached hydrogen (secondary N) is 1. The molecule has 0 heterocycles. The summed E-state index contributed by atoms with van der Waals surface area (Å²) in [6, 6.07) is 8.15. The number of rotatable bonds is 4. The van der Waals surface area contributed by atoms with Crippen molar-refractivity contribution >= 4 is 11.9 Å². The van der Waals surface area contributed by atoms with Gasteiger partial charge >= 0.3 is 11.9 Å². The first-order valence-electron chi connectivity index (χ1n) is 4.56. The van der Waals surface area contributed by atoms with Crippen LogP contribution in [-0.2, 0) is 14.4 Å². The van der Waals surface area contributed by atoms with Crippen LogP contribution in [-0.4, -0.2) is 30.2 Å². The summed E-state index contributed by atoms with van der Waals surface area (Å²) in [6.07, 6.45) is 0. The van der Waals surface area contributed by atoms with Crippen LogP contribution in [0.25, 0.3) is 0 Å². The Morgan fingerprint density at radius 1 is 1.19 bits per heavy atom. The van der Waals surface area contributed by atoms with Gasteiger partial charge in [0.15, 0.2) is 0 Å². The normalized spacial score (nSPS) is 9.56. The molecule has 16 heavy (non-hydrogen) atoms. The summed E-state index contributed by atoms with van der Waals surface area (Å²) in [5.74, 6) is -2.04. The van der Waals surface area contributed by atoms with Crippen molar-refractivity contribution in [2.45, 2.75) is 0 Å². The Balaban J connectivity index is 2.38. The second-order valence-electron chi connectivity index (χ2n) is 2.71. The third kappa shape index (κ3) is 4.07. The highest BCUT2D eigenvalue weighted by Gasteiger charge is 2.18. The molecule has 2 N–H and O–H groups in total. The summed E-state index contributed by atoms with van der Waals surface area (Å²) >= 11 is 0. The number of ether oxygens (including phenoxy) is 1. The van der Waals surface area contributed by atoms with Crippen molar-refractivity contribution in [1.29, 1.82) is 0 Å². The second-order valence-corrected chi connectivity index (χ2v) is 2.71. The van der Waals surface area contributed by atoms with Crippen LogP contribution < -0.4 is 10.2 Å². The van der Waals surface area contributed by atoms with Crippen molar-refractivity contribution in [3.63, 3.8) is 0 Å². The summed E-state index contributed by atoms with van der Waals surface area (Å²) in [6.45, 7) is -0.161. The van der Waals surface area contributed by atoms with Gasteiger partial charge in [0, 0.05) is 0 Å². The molecule has 0 amide bonds. The van der Waals surface area contributed by atoms with Crippen LogP contribution in [0.4, 0.5) is 0 Å². The molecule has 6 heteroatoms. The van der Waals surface area contributed by atoms with Gasteiger partial charge in [0.05, 0.1) is 13.2 Å². The van der Waals surface area contributed by atoms with E-state index >= 15 is 0 Å². The standard InChI is InChI=1S/C10H11NO5/c12-7-6-11-16-10(14)9(13)15-8-4-2-1-3-5-8/h1-5,11-12H,6-7H2. The van der Waals surface area contributed by atoms with E-state index in [9.17, 15) is 9.59 Å². The first-order chi connectivity index (χ1) is 7.74. The first-order valence-corrected chi connectivity index (χ1v) is 4.56. The zero-order chi connectivity index (χ0) is 11.8. The van der Waals surface area contributed by atoms with Crippen molar-refractivity contribution in [2.75, 3.05) is 13.2 Å². The molecule has 1 aromatic rings. The van der Waals surface area contributed by atoms with Crippen LogP contribution in [0.2, 0.25) is 0 Å². The second kappa shape index (κ2) is 6.54. The third-order valence-electron chi connectivity index (χ3n) is 1.50. The van der Waals surface area contributed by atoms with Crippen LogP contribution >= 0.6 is 0 Å². The molecule has 0 unspecified atom stereocenters. The highest BCUT2D eigenvalue weighted by molar-refractivity contribution is 6.30. The topological polar surface area (TPSA) is 84.9 Å². The lowest BCUT2D eigenvalue weighted by Crippen LogP contribution is -2.30. The molecule has 6 nitrogen and oxygen atoms in total. The Morgan fingerprint density at radius 2 is 1.88 bits per heavy atom. The monoisotopic (exact) mass is 225 g/mol. The maximum absolute atomic E-state index is 11.1. The molecule has 0 aliphatic heterocycles. The molecule has 86 valence electrons. The van der Waals surface area contributed by atoms with Crippen molar-refractivity contribution in [3.8, 4) is 5.75 Å². The number of esters is 1. The predicted octanol–water partition coefficient (Wildman–Crippen LogP) is -0.368. The maximum Gasteiger partial charge on any atom is 0.436 e. The number of hydroxylamine groups is 1. The fourth-order valence-electron chi connectivity index (χ4n) is 0.841. The van der Waals surface area contributed by atoms with Crippen LogP contribution in [0.1, 0.15) is 0 Å². The average molecular weight is 225 g/mol. The first kappa shape index (κ1) is 12.2. The highest BCUT2D eigenvalue weighted by Crippen LogP contribution is 2.08. The van der Waals surface area contributed by atoms with Gasteiger partial charge in [0.25, 0.3) is 0 Å². The van der Waals surface area contributed by atoms with E-state index in [0.29, 0.717) is 0 Å². The minimum atomic E-state index is -1.17. The van der Waals surface area contributed by atoms with Gasteiger partial charge in [0.2, 0.25) is 0 Å². The summed E-state index contributed by atoms with van der Waals surface area (Å²) in [4.78, 5) is 26.4. The lowest BCUT2D eigenvalue weighted by atomic mass is 10.3. The molecule has 1 rings (SSSR count). The Bertz CT molecular complexity index is 351. The van der Waals surface area contributed by atoms with Crippen LogP contribution in [0, 0.1) is 0 Å². The van der Waals surface area contributed by atoms with E-state index in [0.717, 1.165) is 0 Å². The molecule has 0 aliphatic rings. The molecule has 0 aromatic heterocycles. The molecule has 0 bridgehead atoms. The van der Waals surface area contributed by atoms with Crippen molar-refractivity contribution in [2.24, 2.45) is 0 Å². The number of hydrogen-bond donors (Lipinski definition) is 2. The van der Waals surface area contributed by atoms with E-state index in [1.165, 1.54) is 12.1 Å². The Morgan fingerprint density at radius 3 is 2.50 bits per heavy atom. The van der Waals surface area contributed by atoms with E-state index in [1.54, 1.807) is 18.2 Å². The highest BCUT2D eigenvalue weighted by atomic mass is 16.7. The summed E-state index contributed by atoms with van der Waals surface area (Å²) < 4.78 is 4.69. The zero-order valence-electron chi connectivity index (χ0n) is 8.38. The van der Waals surface area contributed by atoms with Crippen LogP contribution in [0.15, 0.2) is 30.3 Å². The molecule has 0 atom stereocenters. The minimum absolute atomic E-state index is 0.0460. The van der Waals surface area contributed by atoms with Gasteiger partial charge in [-0.05, 0) is 12.1 Å². The van der Waals surface area contributed by atoms with Gasteiger partial charge in [-0.2, -0.15) is 5.48 Å². The molecule has 0 spiro atoms. The van der Waals surface area contributed by atoms with E-state index in [4.69, 9.17) is 9.84 Å². The number of aliphatic hydroxyl groups excluding tert-OH is 1. The lowest BCUT2D eigenvalue weighted by molar-refractivity contribution is -0.167. The molecule has 0 saturated carbocycles. The van der Waals surface area contributed by atoms with E-state index in [2.05, 4.69) is 10.3 Å². The molecular formula is C10H11NO5. The van der Waals surface area contributed by atoms with E-state index in [1.807, 2.05) is 0 Å². The predicted molar refractivity (Wildman–Crippen MR) is 53.3 cm³/mol. The SMILES string of the molecule is O=C(ONCCO)C(=O)Oc1ccccc1. The summed E-state index contributed by atoms with van der Waals surface area (Å²) in [7, 11) is 0. The Hall–Kier alpha value is -1.92. The van der Waals surface area contributed by atoms with Gasteiger partial charge in [-0.1, -0.05) is 18.2 Å². The van der Waals surface area contributed by atoms with E-state index < -0.39 is 11.9 Å². The molecule has 0 saturated heterocycles. The molecule has 0 fully saturated rings. The largest absolute Gasteiger partial charge is 0.436 e. The molecule has 0 radical (unpaired) electrons. The quantitative estimate of drug-likeness (QED) is 0.239. The minimum Gasteiger partial charge on any atom is -0.418 e. The van der Waals surface area contributed by atoms with Gasteiger partial charge in [-0.15, -0.1) is 0 Å². The van der Waals surface area contributed by atoms with E-state index in [-0.39, 0.29) is 18.9 Å². The number of carbonyl (C=O) groups excluding carboxylic acids is 2. The van der Waals surface area contributed by atoms with Crippen LogP contribution in [0.3, 0.4) is 0 Å². The third-order valence-corrected chi connectivity index (χ3v) is 1.50. The van der Waals surface area contributed by atoms with Gasteiger partial charge in [-0.25, -0.2) is 9.59 Å². The molecule has 1 aromatic carbocycles. The average Bonchev–Trinajstić information content (AvgIpc) is 2.30. The number of para-hydroxylation sites is 1. The van der Waals surface area contributed by atoms with Crippen molar-refractivity contribution < 1.29 is 24.3 Å². The number of aliphatic hydroxyl groups is 1. The Kier molecular flexibility index (Phi) is 4.97. The smallest absolute Gasteiger partial charge is 0.418 e. The van der Waals surface area contributed by atoms with Crippen molar-refractivity contribution in [1.82, 2.24) is 5.48 Å². The fraction of sp³-hybridized carbons (Fsp3) is 0.200. The van der Waals surface area contributed by atoms with Gasteiger partial charge in [0.1, 0.15) is 5.75 Å². The number of carbonyl (C=O) groups is 2. The number of hydrogen-bond acceptors (Lipinski definition) is 6. The maximum atomic E-state index is 11.1. The summed E-state index contributed by atoms with van der Waals surface area (Å²) in [5.41, 5.74) is 2.10.